The standard InChI is InChI=1S/C19H21F2N3O3S/c1-28(26,27)24(12-14-4-2-8-22-11-14)16-5-3-9-23(13-16)19(25)15-6-7-17(20)18(21)10-15/h2,4,6-8,10-11,16H,3,5,9,12-13H2,1H3. The number of carbonyl (C=O) groups excluding carboxylic acids is 1. The minimum atomic E-state index is -3.53. The van der Waals surface area contributed by atoms with Crippen molar-refractivity contribution in [2.75, 3.05) is 19.3 Å². The van der Waals surface area contributed by atoms with Crippen molar-refractivity contribution < 1.29 is 22.0 Å². The lowest BCUT2D eigenvalue weighted by Crippen LogP contribution is -2.51. The fraction of sp³-hybridized carbons (Fsp3) is 0.368. The Morgan fingerprint density at radius 1 is 1.29 bits per heavy atom. The van der Waals surface area contributed by atoms with Gasteiger partial charge < -0.3 is 4.90 Å². The van der Waals surface area contributed by atoms with E-state index < -0.39 is 33.6 Å². The van der Waals surface area contributed by atoms with Crippen molar-refractivity contribution in [2.45, 2.75) is 25.4 Å². The number of benzene rings is 1. The first kappa shape index (κ1) is 20.3. The molecule has 0 radical (unpaired) electrons. The Morgan fingerprint density at radius 2 is 2.07 bits per heavy atom. The van der Waals surface area contributed by atoms with Crippen LogP contribution in [0.4, 0.5) is 8.78 Å². The number of likely N-dealkylation sites (tertiary alicyclic amines) is 1. The number of aromatic nitrogens is 1. The molecule has 28 heavy (non-hydrogen) atoms. The fourth-order valence-electron chi connectivity index (χ4n) is 3.37. The predicted molar refractivity (Wildman–Crippen MR) is 99.9 cm³/mol. The molecule has 6 nitrogen and oxygen atoms in total. The van der Waals surface area contributed by atoms with Crippen molar-refractivity contribution in [3.63, 3.8) is 0 Å². The van der Waals surface area contributed by atoms with Gasteiger partial charge in [0.15, 0.2) is 11.6 Å². The van der Waals surface area contributed by atoms with E-state index >= 15 is 0 Å². The molecule has 2 aromatic rings. The van der Waals surface area contributed by atoms with Crippen molar-refractivity contribution >= 4 is 15.9 Å². The van der Waals surface area contributed by atoms with Crippen LogP contribution in [-0.2, 0) is 16.6 Å². The van der Waals surface area contributed by atoms with Crippen molar-refractivity contribution in [3.8, 4) is 0 Å². The molecule has 0 spiro atoms. The molecule has 1 aliphatic heterocycles. The highest BCUT2D eigenvalue weighted by molar-refractivity contribution is 7.88. The lowest BCUT2D eigenvalue weighted by Gasteiger charge is -2.38. The molecule has 3 rings (SSSR count). The monoisotopic (exact) mass is 409 g/mol. The van der Waals surface area contributed by atoms with Crippen LogP contribution in [-0.4, -0.2) is 53.9 Å². The molecule has 0 N–H and O–H groups in total. The smallest absolute Gasteiger partial charge is 0.254 e. The third kappa shape index (κ3) is 4.71. The average Bonchev–Trinajstić information content (AvgIpc) is 2.68. The molecule has 150 valence electrons. The van der Waals surface area contributed by atoms with Crippen LogP contribution in [0.3, 0.4) is 0 Å². The molecule has 1 aromatic carbocycles. The molecule has 1 fully saturated rings. The number of piperidine rings is 1. The summed E-state index contributed by atoms with van der Waals surface area (Å²) in [6, 6.07) is 6.13. The zero-order valence-electron chi connectivity index (χ0n) is 15.4. The second-order valence-corrected chi connectivity index (χ2v) is 8.78. The lowest BCUT2D eigenvalue weighted by molar-refractivity contribution is 0.0650. The number of pyridine rings is 1. The molecule has 1 unspecified atom stereocenters. The van der Waals surface area contributed by atoms with Crippen LogP contribution in [0.1, 0.15) is 28.8 Å². The van der Waals surface area contributed by atoms with Crippen LogP contribution < -0.4 is 0 Å². The Kier molecular flexibility index (Phi) is 6.04. The van der Waals surface area contributed by atoms with Gasteiger partial charge in [-0.3, -0.25) is 9.78 Å². The molecule has 0 saturated carbocycles. The molecular weight excluding hydrogens is 388 g/mol. The topological polar surface area (TPSA) is 70.6 Å². The Morgan fingerprint density at radius 3 is 2.71 bits per heavy atom. The first-order valence-corrected chi connectivity index (χ1v) is 10.7. The third-order valence-electron chi connectivity index (χ3n) is 4.74. The summed E-state index contributed by atoms with van der Waals surface area (Å²) in [6.07, 6.45) is 5.57. The van der Waals surface area contributed by atoms with Crippen LogP contribution in [0, 0.1) is 11.6 Å². The minimum Gasteiger partial charge on any atom is -0.337 e. The van der Waals surface area contributed by atoms with Crippen LogP contribution in [0.5, 0.6) is 0 Å². The van der Waals surface area contributed by atoms with E-state index in [4.69, 9.17) is 0 Å². The zero-order chi connectivity index (χ0) is 20.3. The van der Waals surface area contributed by atoms with Gasteiger partial charge in [-0.05, 0) is 42.7 Å². The Labute approximate surface area is 162 Å². The van der Waals surface area contributed by atoms with Gasteiger partial charge in [-0.1, -0.05) is 6.07 Å². The van der Waals surface area contributed by atoms with Crippen molar-refractivity contribution in [1.29, 1.82) is 0 Å². The summed E-state index contributed by atoms with van der Waals surface area (Å²) in [5, 5.41) is 0. The van der Waals surface area contributed by atoms with Gasteiger partial charge >= 0.3 is 0 Å². The van der Waals surface area contributed by atoms with Crippen molar-refractivity contribution in [3.05, 3.63) is 65.5 Å². The summed E-state index contributed by atoms with van der Waals surface area (Å²) in [5.41, 5.74) is 0.787. The summed E-state index contributed by atoms with van der Waals surface area (Å²) >= 11 is 0. The minimum absolute atomic E-state index is 0.0396. The van der Waals surface area contributed by atoms with Gasteiger partial charge in [0.2, 0.25) is 10.0 Å². The van der Waals surface area contributed by atoms with E-state index in [0.29, 0.717) is 19.4 Å². The number of hydrogen-bond donors (Lipinski definition) is 0. The number of rotatable bonds is 5. The molecule has 2 heterocycles. The molecule has 1 atom stereocenters. The quantitative estimate of drug-likeness (QED) is 0.761. The summed E-state index contributed by atoms with van der Waals surface area (Å²) in [4.78, 5) is 18.2. The van der Waals surface area contributed by atoms with Crippen molar-refractivity contribution in [1.82, 2.24) is 14.2 Å². The Hall–Kier alpha value is -2.39. The highest BCUT2D eigenvalue weighted by Crippen LogP contribution is 2.22. The molecule has 1 amide bonds. The predicted octanol–water partition coefficient (Wildman–Crippen LogP) is 2.43. The second-order valence-electron chi connectivity index (χ2n) is 6.85. The third-order valence-corrected chi connectivity index (χ3v) is 6.02. The maximum absolute atomic E-state index is 13.5. The van der Waals surface area contributed by atoms with Gasteiger partial charge in [0.25, 0.3) is 5.91 Å². The largest absolute Gasteiger partial charge is 0.337 e. The van der Waals surface area contributed by atoms with E-state index in [2.05, 4.69) is 4.98 Å². The maximum Gasteiger partial charge on any atom is 0.254 e. The van der Waals surface area contributed by atoms with Crippen LogP contribution >= 0.6 is 0 Å². The number of nitrogens with zero attached hydrogens (tertiary/aromatic N) is 3. The van der Waals surface area contributed by atoms with Crippen LogP contribution in [0.15, 0.2) is 42.7 Å². The highest BCUT2D eigenvalue weighted by Gasteiger charge is 2.33. The molecule has 1 saturated heterocycles. The summed E-state index contributed by atoms with van der Waals surface area (Å²) in [5.74, 6) is -2.56. The van der Waals surface area contributed by atoms with E-state index in [1.165, 1.54) is 15.3 Å². The van der Waals surface area contributed by atoms with E-state index in [9.17, 15) is 22.0 Å². The normalized spacial score (nSPS) is 17.7. The Bertz CT molecular complexity index is 954. The molecular formula is C19H21F2N3O3S. The number of sulfonamides is 1. The van der Waals surface area contributed by atoms with Crippen LogP contribution in [0.2, 0.25) is 0 Å². The van der Waals surface area contributed by atoms with E-state index in [1.807, 2.05) is 0 Å². The average molecular weight is 409 g/mol. The first-order valence-electron chi connectivity index (χ1n) is 8.86. The number of halogens is 2. The second kappa shape index (κ2) is 8.32. The van der Waals surface area contributed by atoms with Gasteiger partial charge in [0.05, 0.1) is 6.26 Å². The number of amides is 1. The fourth-order valence-corrected chi connectivity index (χ4v) is 4.47. The Balaban J connectivity index is 1.79. The van der Waals surface area contributed by atoms with Gasteiger partial charge in [0.1, 0.15) is 0 Å². The van der Waals surface area contributed by atoms with Gasteiger partial charge in [0, 0.05) is 43.6 Å². The van der Waals surface area contributed by atoms with E-state index in [0.717, 1.165) is 24.0 Å². The van der Waals surface area contributed by atoms with Crippen molar-refractivity contribution in [2.24, 2.45) is 0 Å². The van der Waals surface area contributed by atoms with E-state index in [1.54, 1.807) is 24.5 Å². The molecule has 0 bridgehead atoms. The summed E-state index contributed by atoms with van der Waals surface area (Å²) in [6.45, 7) is 0.772. The number of hydrogen-bond acceptors (Lipinski definition) is 4. The molecule has 0 aliphatic carbocycles. The van der Waals surface area contributed by atoms with E-state index in [-0.39, 0.29) is 18.7 Å². The summed E-state index contributed by atoms with van der Waals surface area (Å²) < 4.78 is 52.7. The molecule has 1 aliphatic rings. The SMILES string of the molecule is CS(=O)(=O)N(Cc1cccnc1)C1CCCN(C(=O)c2ccc(F)c(F)c2)C1. The summed E-state index contributed by atoms with van der Waals surface area (Å²) in [7, 11) is -3.53. The van der Waals surface area contributed by atoms with Gasteiger partial charge in [-0.15, -0.1) is 0 Å². The van der Waals surface area contributed by atoms with Gasteiger partial charge in [-0.25, -0.2) is 17.2 Å². The lowest BCUT2D eigenvalue weighted by atomic mass is 10.0. The number of carbonyl (C=O) groups is 1. The highest BCUT2D eigenvalue weighted by atomic mass is 32.2. The van der Waals surface area contributed by atoms with Gasteiger partial charge in [-0.2, -0.15) is 4.31 Å². The maximum atomic E-state index is 13.5. The first-order chi connectivity index (χ1) is 13.3. The zero-order valence-corrected chi connectivity index (χ0v) is 16.2. The molecule has 9 heteroatoms. The molecule has 1 aromatic heterocycles. The van der Waals surface area contributed by atoms with Crippen LogP contribution in [0.25, 0.3) is 0 Å².